The number of rotatable bonds is 4. The molecule has 1 saturated heterocycles. The lowest BCUT2D eigenvalue weighted by Crippen LogP contribution is -2.40. The Balaban J connectivity index is 1.70. The van der Waals surface area contributed by atoms with Gasteiger partial charge in [-0.05, 0) is 34.7 Å². The molecular formula is C15H21N5OS. The summed E-state index contributed by atoms with van der Waals surface area (Å²) in [6.07, 6.45) is 4.95. The van der Waals surface area contributed by atoms with Gasteiger partial charge in [-0.15, -0.1) is 16.4 Å². The molecule has 0 spiro atoms. The van der Waals surface area contributed by atoms with Crippen molar-refractivity contribution < 1.29 is 4.74 Å². The predicted molar refractivity (Wildman–Crippen MR) is 83.9 cm³/mol. The summed E-state index contributed by atoms with van der Waals surface area (Å²) in [5.41, 5.74) is 0. The molecule has 7 heteroatoms. The maximum Gasteiger partial charge on any atom is 0.174 e. The second-order valence-corrected chi connectivity index (χ2v) is 6.97. The summed E-state index contributed by atoms with van der Waals surface area (Å²) in [4.78, 5) is 3.77. The van der Waals surface area contributed by atoms with E-state index < -0.39 is 0 Å². The molecule has 0 aromatic carbocycles. The number of morpholine rings is 1. The Bertz CT molecular complexity index is 587. The lowest BCUT2D eigenvalue weighted by molar-refractivity contribution is 0.0219. The van der Waals surface area contributed by atoms with Crippen molar-refractivity contribution in [2.45, 2.75) is 37.8 Å². The van der Waals surface area contributed by atoms with E-state index in [4.69, 9.17) is 4.74 Å². The molecule has 0 amide bonds. The largest absolute Gasteiger partial charge is 0.379 e. The van der Waals surface area contributed by atoms with Crippen LogP contribution in [0.5, 0.6) is 0 Å². The summed E-state index contributed by atoms with van der Waals surface area (Å²) >= 11 is 1.78. The quantitative estimate of drug-likeness (QED) is 0.865. The van der Waals surface area contributed by atoms with Gasteiger partial charge in [0.1, 0.15) is 6.04 Å². The molecule has 2 aliphatic rings. The van der Waals surface area contributed by atoms with Gasteiger partial charge in [-0.3, -0.25) is 4.90 Å². The third-order valence-corrected chi connectivity index (χ3v) is 5.58. The van der Waals surface area contributed by atoms with Crippen LogP contribution in [0.2, 0.25) is 0 Å². The smallest absolute Gasteiger partial charge is 0.174 e. The van der Waals surface area contributed by atoms with E-state index in [0.717, 1.165) is 32.1 Å². The first kappa shape index (κ1) is 14.3. The van der Waals surface area contributed by atoms with Crippen LogP contribution in [-0.4, -0.2) is 51.4 Å². The summed E-state index contributed by atoms with van der Waals surface area (Å²) in [6, 6.07) is 4.92. The molecule has 3 heterocycles. The first-order valence-corrected chi connectivity index (χ1v) is 8.94. The standard InChI is InChI=1S/C15H21N5OS/c1-2-5-12(4-1)20-15(16-17-18-20)14(13-6-3-11-22-13)19-7-9-21-10-8-19/h3,6,11-12,14H,1-2,4-5,7-10H2/t14-/m0/s1. The van der Waals surface area contributed by atoms with Crippen LogP contribution in [-0.2, 0) is 4.74 Å². The molecule has 1 aliphatic heterocycles. The zero-order chi connectivity index (χ0) is 14.8. The number of hydrogen-bond acceptors (Lipinski definition) is 6. The van der Waals surface area contributed by atoms with Gasteiger partial charge in [-0.2, -0.15) is 0 Å². The Morgan fingerprint density at radius 1 is 1.23 bits per heavy atom. The molecule has 1 atom stereocenters. The van der Waals surface area contributed by atoms with E-state index in [9.17, 15) is 0 Å². The van der Waals surface area contributed by atoms with E-state index in [2.05, 4.69) is 42.6 Å². The van der Waals surface area contributed by atoms with Crippen molar-refractivity contribution in [1.29, 1.82) is 0 Å². The Hall–Kier alpha value is -1.31. The summed E-state index contributed by atoms with van der Waals surface area (Å²) in [5, 5.41) is 14.9. The Labute approximate surface area is 134 Å². The maximum atomic E-state index is 5.52. The van der Waals surface area contributed by atoms with Crippen molar-refractivity contribution in [3.05, 3.63) is 28.2 Å². The van der Waals surface area contributed by atoms with Crippen LogP contribution in [0.4, 0.5) is 0 Å². The second kappa shape index (κ2) is 6.44. The summed E-state index contributed by atoms with van der Waals surface area (Å²) in [7, 11) is 0. The molecule has 1 aliphatic carbocycles. The topological polar surface area (TPSA) is 56.1 Å². The van der Waals surface area contributed by atoms with Gasteiger partial charge in [-0.25, -0.2) is 4.68 Å². The van der Waals surface area contributed by atoms with Gasteiger partial charge < -0.3 is 4.74 Å². The van der Waals surface area contributed by atoms with Gasteiger partial charge in [0.15, 0.2) is 5.82 Å². The van der Waals surface area contributed by atoms with Crippen LogP contribution < -0.4 is 0 Å². The fourth-order valence-electron chi connectivity index (χ4n) is 3.54. The molecule has 2 aromatic rings. The van der Waals surface area contributed by atoms with Crippen LogP contribution in [0.15, 0.2) is 17.5 Å². The van der Waals surface area contributed by atoms with Crippen LogP contribution in [0.1, 0.15) is 48.5 Å². The fraction of sp³-hybridized carbons (Fsp3) is 0.667. The number of ether oxygens (including phenoxy) is 1. The van der Waals surface area contributed by atoms with Crippen LogP contribution in [0.3, 0.4) is 0 Å². The van der Waals surface area contributed by atoms with E-state index >= 15 is 0 Å². The molecule has 1 saturated carbocycles. The van der Waals surface area contributed by atoms with Crippen molar-refractivity contribution in [2.24, 2.45) is 0 Å². The van der Waals surface area contributed by atoms with Gasteiger partial charge in [0.2, 0.25) is 0 Å². The number of aromatic nitrogens is 4. The lowest BCUT2D eigenvalue weighted by Gasteiger charge is -2.33. The maximum absolute atomic E-state index is 5.52. The minimum absolute atomic E-state index is 0.152. The Kier molecular flexibility index (Phi) is 4.18. The zero-order valence-corrected chi connectivity index (χ0v) is 13.4. The molecule has 2 aromatic heterocycles. The SMILES string of the molecule is c1csc([C@@H](c2nnnn2C2CCCC2)N2CCOCC2)c1. The number of hydrogen-bond donors (Lipinski definition) is 0. The summed E-state index contributed by atoms with van der Waals surface area (Å²) < 4.78 is 7.61. The first-order chi connectivity index (χ1) is 10.9. The van der Waals surface area contributed by atoms with E-state index in [1.54, 1.807) is 11.3 Å². The highest BCUT2D eigenvalue weighted by Crippen LogP contribution is 2.35. The van der Waals surface area contributed by atoms with Gasteiger partial charge in [0.25, 0.3) is 0 Å². The van der Waals surface area contributed by atoms with Crippen molar-refractivity contribution in [3.63, 3.8) is 0 Å². The van der Waals surface area contributed by atoms with Crippen molar-refractivity contribution >= 4 is 11.3 Å². The van der Waals surface area contributed by atoms with Crippen molar-refractivity contribution in [2.75, 3.05) is 26.3 Å². The van der Waals surface area contributed by atoms with Crippen LogP contribution in [0, 0.1) is 0 Å². The normalized spacial score (nSPS) is 22.2. The minimum atomic E-state index is 0.152. The molecule has 0 bridgehead atoms. The van der Waals surface area contributed by atoms with E-state index in [0.29, 0.717) is 6.04 Å². The average molecular weight is 319 g/mol. The monoisotopic (exact) mass is 319 g/mol. The third-order valence-electron chi connectivity index (χ3n) is 4.66. The fourth-order valence-corrected chi connectivity index (χ4v) is 4.40. The first-order valence-electron chi connectivity index (χ1n) is 8.06. The molecule has 2 fully saturated rings. The minimum Gasteiger partial charge on any atom is -0.379 e. The van der Waals surface area contributed by atoms with E-state index in [1.807, 2.05) is 0 Å². The average Bonchev–Trinajstić information content (AvgIpc) is 3.31. The van der Waals surface area contributed by atoms with Gasteiger partial charge in [-0.1, -0.05) is 18.9 Å². The Morgan fingerprint density at radius 3 is 2.77 bits per heavy atom. The van der Waals surface area contributed by atoms with Crippen molar-refractivity contribution in [1.82, 2.24) is 25.1 Å². The summed E-state index contributed by atoms with van der Waals surface area (Å²) in [5.74, 6) is 0.997. The third kappa shape index (κ3) is 2.68. The van der Waals surface area contributed by atoms with Crippen molar-refractivity contribution in [3.8, 4) is 0 Å². The second-order valence-electron chi connectivity index (χ2n) is 5.99. The molecule has 4 rings (SSSR count). The molecule has 6 nitrogen and oxygen atoms in total. The van der Waals surface area contributed by atoms with E-state index in [-0.39, 0.29) is 6.04 Å². The number of nitrogens with zero attached hydrogens (tertiary/aromatic N) is 5. The van der Waals surface area contributed by atoms with Crippen LogP contribution in [0.25, 0.3) is 0 Å². The van der Waals surface area contributed by atoms with Gasteiger partial charge >= 0.3 is 0 Å². The van der Waals surface area contributed by atoms with Gasteiger partial charge in [0, 0.05) is 18.0 Å². The van der Waals surface area contributed by atoms with Crippen LogP contribution >= 0.6 is 11.3 Å². The highest BCUT2D eigenvalue weighted by molar-refractivity contribution is 7.10. The summed E-state index contributed by atoms with van der Waals surface area (Å²) in [6.45, 7) is 3.43. The van der Waals surface area contributed by atoms with E-state index in [1.165, 1.54) is 30.6 Å². The number of tetrazole rings is 1. The molecule has 0 N–H and O–H groups in total. The number of thiophene rings is 1. The predicted octanol–water partition coefficient (Wildman–Crippen LogP) is 2.27. The highest BCUT2D eigenvalue weighted by Gasteiger charge is 2.32. The van der Waals surface area contributed by atoms with Gasteiger partial charge in [0.05, 0.1) is 19.3 Å². The molecule has 118 valence electrons. The molecule has 0 unspecified atom stereocenters. The lowest BCUT2D eigenvalue weighted by atomic mass is 10.1. The molecule has 0 radical (unpaired) electrons. The molecule has 22 heavy (non-hydrogen) atoms. The Morgan fingerprint density at radius 2 is 2.05 bits per heavy atom. The highest BCUT2D eigenvalue weighted by atomic mass is 32.1. The zero-order valence-electron chi connectivity index (χ0n) is 12.6. The molecular weight excluding hydrogens is 298 g/mol.